The van der Waals surface area contributed by atoms with E-state index >= 15 is 0 Å². The van der Waals surface area contributed by atoms with Gasteiger partial charge in [-0.15, -0.1) is 0 Å². The van der Waals surface area contributed by atoms with Crippen molar-refractivity contribution in [2.45, 2.75) is 44.9 Å². The lowest BCUT2D eigenvalue weighted by molar-refractivity contribution is -0.0633. The van der Waals surface area contributed by atoms with Crippen LogP contribution in [-0.4, -0.2) is 71.3 Å². The van der Waals surface area contributed by atoms with Gasteiger partial charge in [0.25, 0.3) is 0 Å². The fourth-order valence-electron chi connectivity index (χ4n) is 4.93. The van der Waals surface area contributed by atoms with Gasteiger partial charge in [-0.05, 0) is 55.5 Å². The number of ether oxygens (including phenoxy) is 3. The number of methoxy groups -OCH3 is 1. The molecule has 198 valence electrons. The largest absolute Gasteiger partial charge is 0.496 e. The number of aliphatic hydroxyl groups excluding tert-OH is 1. The number of carbonyl (C=O) groups is 1. The van der Waals surface area contributed by atoms with Crippen LogP contribution in [0.1, 0.15) is 48.1 Å². The van der Waals surface area contributed by atoms with Crippen LogP contribution in [0.15, 0.2) is 36.7 Å². The number of fused-ring (bicyclic) bond motifs is 1. The van der Waals surface area contributed by atoms with Gasteiger partial charge in [0.05, 0.1) is 38.3 Å². The molecule has 0 bridgehead atoms. The summed E-state index contributed by atoms with van der Waals surface area (Å²) in [5, 5.41) is 9.46. The predicted octanol–water partition coefficient (Wildman–Crippen LogP) is 4.35. The van der Waals surface area contributed by atoms with Gasteiger partial charge < -0.3 is 19.3 Å². The first-order chi connectivity index (χ1) is 17.9. The van der Waals surface area contributed by atoms with E-state index in [2.05, 4.69) is 16.8 Å². The molecule has 5 rings (SSSR count). The molecule has 1 aliphatic carbocycles. The first-order valence-electron chi connectivity index (χ1n) is 12.5. The lowest BCUT2D eigenvalue weighted by Crippen LogP contribution is -2.45. The van der Waals surface area contributed by atoms with Crippen molar-refractivity contribution in [1.29, 1.82) is 0 Å². The molecule has 8 nitrogen and oxygen atoms in total. The van der Waals surface area contributed by atoms with Gasteiger partial charge in [0.1, 0.15) is 22.7 Å². The Morgan fingerprint density at radius 2 is 2.05 bits per heavy atom. The average molecular weight is 516 g/mol. The molecule has 1 aromatic carbocycles. The highest BCUT2D eigenvalue weighted by molar-refractivity contribution is 6.02. The summed E-state index contributed by atoms with van der Waals surface area (Å²) in [5.74, 6) is 0.0363. The molecule has 10 heteroatoms. The number of hydrogen-bond donors (Lipinski definition) is 1. The van der Waals surface area contributed by atoms with E-state index in [1.165, 1.54) is 13.2 Å². The van der Waals surface area contributed by atoms with Crippen LogP contribution >= 0.6 is 0 Å². The molecule has 2 aromatic heterocycles. The van der Waals surface area contributed by atoms with Crippen molar-refractivity contribution >= 4 is 11.4 Å². The van der Waals surface area contributed by atoms with Gasteiger partial charge in [0.15, 0.2) is 5.78 Å². The maximum atomic E-state index is 13.3. The van der Waals surface area contributed by atoms with E-state index in [1.807, 2.05) is 22.7 Å². The smallest absolute Gasteiger partial charge is 0.387 e. The fraction of sp³-hybridized carbons (Fsp3) is 0.481. The molecule has 1 unspecified atom stereocenters. The van der Waals surface area contributed by atoms with E-state index in [0.29, 0.717) is 36.0 Å². The number of rotatable bonds is 10. The number of aromatic nitrogens is 2. The number of nitrogens with zero attached hydrogens (tertiary/aromatic N) is 3. The van der Waals surface area contributed by atoms with Crippen molar-refractivity contribution in [1.82, 2.24) is 14.3 Å². The molecule has 1 N–H and O–H groups in total. The summed E-state index contributed by atoms with van der Waals surface area (Å²) < 4.78 is 44.3. The molecular formula is C27H31F2N3O5. The van der Waals surface area contributed by atoms with Crippen LogP contribution in [-0.2, 0) is 4.74 Å². The summed E-state index contributed by atoms with van der Waals surface area (Å²) in [5.41, 5.74) is 3.00. The number of alkyl halides is 2. The molecule has 3 heterocycles. The van der Waals surface area contributed by atoms with Gasteiger partial charge in [-0.2, -0.15) is 8.78 Å². The second-order valence-electron chi connectivity index (χ2n) is 9.68. The summed E-state index contributed by atoms with van der Waals surface area (Å²) in [6, 6.07) is 7.19. The topological polar surface area (TPSA) is 85.5 Å². The van der Waals surface area contributed by atoms with E-state index < -0.39 is 6.61 Å². The van der Waals surface area contributed by atoms with Crippen molar-refractivity contribution in [3.8, 4) is 22.8 Å². The zero-order chi connectivity index (χ0) is 26.1. The van der Waals surface area contributed by atoms with Crippen LogP contribution in [0.4, 0.5) is 8.78 Å². The number of benzene rings is 1. The van der Waals surface area contributed by atoms with Gasteiger partial charge in [0.2, 0.25) is 0 Å². The first-order valence-corrected chi connectivity index (χ1v) is 12.5. The molecule has 2 fully saturated rings. The molecular weight excluding hydrogens is 484 g/mol. The monoisotopic (exact) mass is 515 g/mol. The fourth-order valence-corrected chi connectivity index (χ4v) is 4.93. The maximum Gasteiger partial charge on any atom is 0.387 e. The van der Waals surface area contributed by atoms with Crippen LogP contribution in [0.2, 0.25) is 0 Å². The molecule has 37 heavy (non-hydrogen) atoms. The number of aliphatic hydroxyl groups is 1. The van der Waals surface area contributed by atoms with Crippen molar-refractivity contribution in [2.24, 2.45) is 5.92 Å². The molecule has 1 saturated carbocycles. The predicted molar refractivity (Wildman–Crippen MR) is 132 cm³/mol. The van der Waals surface area contributed by atoms with Crippen molar-refractivity contribution in [3.05, 3.63) is 47.8 Å². The average Bonchev–Trinajstić information content (AvgIpc) is 3.61. The van der Waals surface area contributed by atoms with Gasteiger partial charge >= 0.3 is 6.61 Å². The third-order valence-corrected chi connectivity index (χ3v) is 7.19. The molecule has 1 saturated heterocycles. The van der Waals surface area contributed by atoms with Gasteiger partial charge in [-0.3, -0.25) is 14.1 Å². The molecule has 0 spiro atoms. The molecule has 0 radical (unpaired) electrons. The number of ketones is 1. The van der Waals surface area contributed by atoms with Crippen LogP contribution in [0.5, 0.6) is 11.5 Å². The second-order valence-corrected chi connectivity index (χ2v) is 9.68. The highest BCUT2D eigenvalue weighted by atomic mass is 19.3. The Kier molecular flexibility index (Phi) is 7.41. The molecule has 1 aliphatic heterocycles. The van der Waals surface area contributed by atoms with Crippen molar-refractivity contribution in [2.75, 3.05) is 33.4 Å². The number of halogens is 2. The standard InChI is InChI=1S/C27H31F2N3O5/c1-16(31-7-8-36-20(14-31)15-33)18-5-6-32-21(13-30-25(32)12-18)19-10-23(35-2)26(22(34)9-17-3-4-17)24(11-19)37-27(28)29/h5-6,10-13,16-17,20,27,33H,3-4,7-9,14-15H2,1-2H3/t16?,20-/m0/s1. The number of carbonyl (C=O) groups excluding carboxylic acids is 1. The Balaban J connectivity index is 1.48. The van der Waals surface area contributed by atoms with E-state index in [9.17, 15) is 18.7 Å². The zero-order valence-corrected chi connectivity index (χ0v) is 20.9. The lowest BCUT2D eigenvalue weighted by Gasteiger charge is -2.36. The molecule has 0 amide bonds. The Morgan fingerprint density at radius 3 is 2.76 bits per heavy atom. The summed E-state index contributed by atoms with van der Waals surface area (Å²) in [6.07, 6.45) is 5.57. The van der Waals surface area contributed by atoms with Gasteiger partial charge in [0, 0.05) is 37.3 Å². The van der Waals surface area contributed by atoms with Crippen LogP contribution in [0, 0.1) is 5.92 Å². The third-order valence-electron chi connectivity index (χ3n) is 7.19. The van der Waals surface area contributed by atoms with Crippen molar-refractivity contribution in [3.63, 3.8) is 0 Å². The van der Waals surface area contributed by atoms with E-state index in [1.54, 1.807) is 12.3 Å². The maximum absolute atomic E-state index is 13.3. The van der Waals surface area contributed by atoms with Crippen LogP contribution in [0.3, 0.4) is 0 Å². The minimum Gasteiger partial charge on any atom is -0.496 e. The molecule has 2 atom stereocenters. The minimum absolute atomic E-state index is 0.0163. The Bertz CT molecular complexity index is 1280. The van der Waals surface area contributed by atoms with E-state index in [-0.39, 0.29) is 48.0 Å². The van der Waals surface area contributed by atoms with E-state index in [4.69, 9.17) is 14.2 Å². The second kappa shape index (κ2) is 10.7. The van der Waals surface area contributed by atoms with Crippen LogP contribution in [0.25, 0.3) is 16.9 Å². The number of Topliss-reactive ketones (excluding diaryl/α,β-unsaturated/α-hetero) is 1. The third kappa shape index (κ3) is 5.46. The van der Waals surface area contributed by atoms with Gasteiger partial charge in [-0.1, -0.05) is 0 Å². The Hall–Kier alpha value is -3.08. The van der Waals surface area contributed by atoms with Crippen molar-refractivity contribution < 1.29 is 32.9 Å². The highest BCUT2D eigenvalue weighted by Gasteiger charge is 2.30. The van der Waals surface area contributed by atoms with Gasteiger partial charge in [-0.25, -0.2) is 4.98 Å². The minimum atomic E-state index is -3.08. The summed E-state index contributed by atoms with van der Waals surface area (Å²) in [6.45, 7) is 0.977. The number of hydrogen-bond acceptors (Lipinski definition) is 7. The summed E-state index contributed by atoms with van der Waals surface area (Å²) in [4.78, 5) is 19.7. The molecule has 3 aromatic rings. The van der Waals surface area contributed by atoms with E-state index in [0.717, 1.165) is 24.9 Å². The number of morpholine rings is 1. The van der Waals surface area contributed by atoms with Crippen LogP contribution < -0.4 is 9.47 Å². The summed E-state index contributed by atoms with van der Waals surface area (Å²) >= 11 is 0. The quantitative estimate of drug-likeness (QED) is 0.402. The number of pyridine rings is 1. The SMILES string of the molecule is COc1cc(-c2cnc3cc(C(C)N4CCO[C@H](CO)C4)ccn23)cc(OC(F)F)c1C(=O)CC1CC1. The number of imidazole rings is 1. The Labute approximate surface area is 213 Å². The normalized spacial score (nSPS) is 19.4. The molecule has 2 aliphatic rings. The Morgan fingerprint density at radius 1 is 1.27 bits per heavy atom. The summed E-state index contributed by atoms with van der Waals surface area (Å²) in [7, 11) is 1.41. The first kappa shape index (κ1) is 25.6. The zero-order valence-electron chi connectivity index (χ0n) is 20.9. The lowest BCUT2D eigenvalue weighted by atomic mass is 10.00. The highest BCUT2D eigenvalue weighted by Crippen LogP contribution is 2.40.